The molecule has 3 aromatic rings. The molecule has 0 atom stereocenters. The van der Waals surface area contributed by atoms with Crippen LogP contribution in [0.25, 0.3) is 11.0 Å². The molecule has 2 heterocycles. The molecule has 1 aromatic heterocycles. The van der Waals surface area contributed by atoms with E-state index >= 15 is 0 Å². The van der Waals surface area contributed by atoms with Crippen molar-refractivity contribution in [3.8, 4) is 11.5 Å². The Morgan fingerprint density at radius 2 is 1.88 bits per heavy atom. The lowest BCUT2D eigenvalue weighted by atomic mass is 10.1. The van der Waals surface area contributed by atoms with Gasteiger partial charge in [0.15, 0.2) is 5.96 Å². The first-order chi connectivity index (χ1) is 15.7. The number of aliphatic imine (C=N–C) groups is 1. The number of para-hydroxylation sites is 2. The summed E-state index contributed by atoms with van der Waals surface area (Å²) in [7, 11) is 5.25. The second-order valence-electron chi connectivity index (χ2n) is 7.87. The van der Waals surface area contributed by atoms with Gasteiger partial charge in [-0.2, -0.15) is 0 Å². The molecule has 1 aliphatic rings. The first kappa shape index (κ1) is 25.1. The van der Waals surface area contributed by atoms with Crippen LogP contribution in [0.5, 0.6) is 11.5 Å². The summed E-state index contributed by atoms with van der Waals surface area (Å²) in [5.74, 6) is 3.69. The predicted octanol–water partition coefficient (Wildman–Crippen LogP) is 3.13. The number of piperazine rings is 1. The molecule has 9 heteroatoms. The van der Waals surface area contributed by atoms with Gasteiger partial charge in [0, 0.05) is 58.3 Å². The minimum atomic E-state index is 0. The number of methoxy groups -OCH3 is 2. The highest BCUT2D eigenvalue weighted by molar-refractivity contribution is 14.0. The average Bonchev–Trinajstić information content (AvgIpc) is 3.25. The third-order valence-electron chi connectivity index (χ3n) is 5.85. The molecule has 4 rings (SSSR count). The summed E-state index contributed by atoms with van der Waals surface area (Å²) in [4.78, 5) is 17.3. The molecule has 33 heavy (non-hydrogen) atoms. The number of aromatic nitrogens is 2. The number of benzene rings is 2. The zero-order valence-electron chi connectivity index (χ0n) is 19.5. The van der Waals surface area contributed by atoms with E-state index in [0.29, 0.717) is 0 Å². The molecular formula is C24H33IN6O2. The van der Waals surface area contributed by atoms with Crippen molar-refractivity contribution in [2.45, 2.75) is 13.0 Å². The maximum absolute atomic E-state index is 5.53. The molecule has 0 bridgehead atoms. The number of fused-ring (bicyclic) bond motifs is 1. The molecule has 0 spiro atoms. The fourth-order valence-electron chi connectivity index (χ4n) is 4.11. The second kappa shape index (κ2) is 12.1. The number of nitrogens with one attached hydrogen (secondary N) is 2. The van der Waals surface area contributed by atoms with Gasteiger partial charge in [-0.25, -0.2) is 4.98 Å². The zero-order chi connectivity index (χ0) is 22.3. The van der Waals surface area contributed by atoms with E-state index in [0.717, 1.165) is 85.6 Å². The Bertz CT molecular complexity index is 1030. The van der Waals surface area contributed by atoms with E-state index in [1.165, 1.54) is 0 Å². The molecule has 0 unspecified atom stereocenters. The Morgan fingerprint density at radius 3 is 2.58 bits per heavy atom. The van der Waals surface area contributed by atoms with Crippen molar-refractivity contribution in [2.24, 2.45) is 4.99 Å². The van der Waals surface area contributed by atoms with Gasteiger partial charge in [0.05, 0.1) is 25.3 Å². The molecule has 1 fully saturated rings. The number of H-pyrrole nitrogens is 1. The van der Waals surface area contributed by atoms with Crippen LogP contribution in [-0.4, -0.2) is 79.7 Å². The number of nitrogens with zero attached hydrogens (tertiary/aromatic N) is 4. The van der Waals surface area contributed by atoms with E-state index in [9.17, 15) is 0 Å². The van der Waals surface area contributed by atoms with E-state index in [1.807, 2.05) is 37.4 Å². The Morgan fingerprint density at radius 1 is 1.09 bits per heavy atom. The second-order valence-corrected chi connectivity index (χ2v) is 7.87. The van der Waals surface area contributed by atoms with Crippen molar-refractivity contribution in [2.75, 3.05) is 54.0 Å². The first-order valence-electron chi connectivity index (χ1n) is 11.0. The highest BCUT2D eigenvalue weighted by Crippen LogP contribution is 2.25. The van der Waals surface area contributed by atoms with E-state index in [2.05, 4.69) is 42.2 Å². The maximum atomic E-state index is 5.53. The largest absolute Gasteiger partial charge is 0.497 e. The van der Waals surface area contributed by atoms with Crippen LogP contribution < -0.4 is 14.8 Å². The number of imidazole rings is 1. The highest BCUT2D eigenvalue weighted by atomic mass is 127. The summed E-state index contributed by atoms with van der Waals surface area (Å²) in [5.41, 5.74) is 3.24. The van der Waals surface area contributed by atoms with E-state index < -0.39 is 0 Å². The van der Waals surface area contributed by atoms with Gasteiger partial charge in [-0.05, 0) is 30.3 Å². The van der Waals surface area contributed by atoms with Crippen molar-refractivity contribution < 1.29 is 9.47 Å². The van der Waals surface area contributed by atoms with E-state index in [-0.39, 0.29) is 24.0 Å². The Balaban J connectivity index is 0.00000306. The Kier molecular flexibility index (Phi) is 9.19. The molecule has 1 aliphatic heterocycles. The lowest BCUT2D eigenvalue weighted by Crippen LogP contribution is -2.52. The van der Waals surface area contributed by atoms with E-state index in [4.69, 9.17) is 9.47 Å². The molecule has 178 valence electrons. The van der Waals surface area contributed by atoms with Gasteiger partial charge in [0.25, 0.3) is 0 Å². The number of aromatic amines is 1. The zero-order valence-corrected chi connectivity index (χ0v) is 21.8. The lowest BCUT2D eigenvalue weighted by Gasteiger charge is -2.36. The average molecular weight is 564 g/mol. The van der Waals surface area contributed by atoms with Crippen LogP contribution >= 0.6 is 24.0 Å². The van der Waals surface area contributed by atoms with Crippen LogP contribution in [0.15, 0.2) is 47.5 Å². The monoisotopic (exact) mass is 564 g/mol. The quantitative estimate of drug-likeness (QED) is 0.261. The smallest absolute Gasteiger partial charge is 0.193 e. The summed E-state index contributed by atoms with van der Waals surface area (Å²) in [6.45, 7) is 5.41. The summed E-state index contributed by atoms with van der Waals surface area (Å²) < 4.78 is 10.9. The minimum absolute atomic E-state index is 0. The Labute approximate surface area is 212 Å². The van der Waals surface area contributed by atoms with Gasteiger partial charge < -0.3 is 24.7 Å². The molecule has 1 saturated heterocycles. The third kappa shape index (κ3) is 6.29. The molecule has 0 radical (unpaired) electrons. The van der Waals surface area contributed by atoms with Crippen molar-refractivity contribution in [1.82, 2.24) is 25.1 Å². The molecule has 2 N–H and O–H groups in total. The third-order valence-corrected chi connectivity index (χ3v) is 5.85. The fourth-order valence-corrected chi connectivity index (χ4v) is 4.11. The van der Waals surface area contributed by atoms with Gasteiger partial charge in [-0.15, -0.1) is 24.0 Å². The van der Waals surface area contributed by atoms with Crippen LogP contribution in [0, 0.1) is 0 Å². The first-order valence-corrected chi connectivity index (χ1v) is 11.0. The minimum Gasteiger partial charge on any atom is -0.497 e. The summed E-state index contributed by atoms with van der Waals surface area (Å²) in [5, 5.41) is 3.49. The van der Waals surface area contributed by atoms with Crippen molar-refractivity contribution in [3.63, 3.8) is 0 Å². The van der Waals surface area contributed by atoms with Gasteiger partial charge >= 0.3 is 0 Å². The Hall–Kier alpha value is -2.53. The van der Waals surface area contributed by atoms with Crippen molar-refractivity contribution in [3.05, 3.63) is 53.9 Å². The summed E-state index contributed by atoms with van der Waals surface area (Å²) in [6.07, 6.45) is 0.823. The topological polar surface area (TPSA) is 78.0 Å². The van der Waals surface area contributed by atoms with Crippen LogP contribution in [0.3, 0.4) is 0 Å². The molecular weight excluding hydrogens is 531 g/mol. The van der Waals surface area contributed by atoms with Crippen molar-refractivity contribution >= 4 is 41.0 Å². The molecule has 0 aliphatic carbocycles. The number of hydrogen-bond donors (Lipinski definition) is 2. The number of ether oxygens (including phenoxy) is 2. The van der Waals surface area contributed by atoms with Crippen LogP contribution in [0.4, 0.5) is 0 Å². The van der Waals surface area contributed by atoms with E-state index in [1.54, 1.807) is 14.2 Å². The highest BCUT2D eigenvalue weighted by Gasteiger charge is 2.21. The van der Waals surface area contributed by atoms with Gasteiger partial charge in [0.1, 0.15) is 17.3 Å². The molecule has 2 aromatic carbocycles. The molecule has 8 nitrogen and oxygen atoms in total. The van der Waals surface area contributed by atoms with Gasteiger partial charge in [-0.1, -0.05) is 12.1 Å². The van der Waals surface area contributed by atoms with Crippen LogP contribution in [-0.2, 0) is 13.0 Å². The number of halogens is 1. The van der Waals surface area contributed by atoms with Crippen LogP contribution in [0.1, 0.15) is 11.4 Å². The lowest BCUT2D eigenvalue weighted by molar-refractivity contribution is 0.171. The number of guanidine groups is 1. The summed E-state index contributed by atoms with van der Waals surface area (Å²) in [6, 6.07) is 14.1. The molecule has 0 amide bonds. The normalized spacial score (nSPS) is 14.8. The standard InChI is InChI=1S/C24H32N6O2.HI/c1-25-24(26-11-10-23-27-20-6-4-5-7-21(20)28-23)30-14-12-29(13-15-30)17-18-16-19(31-2)8-9-22(18)32-3;/h4-9,16H,10-15,17H2,1-3H3,(H,25,26)(H,27,28);1H. The van der Waals surface area contributed by atoms with Crippen LogP contribution in [0.2, 0.25) is 0 Å². The number of rotatable bonds is 7. The van der Waals surface area contributed by atoms with Crippen molar-refractivity contribution in [1.29, 1.82) is 0 Å². The molecule has 0 saturated carbocycles. The summed E-state index contributed by atoms with van der Waals surface area (Å²) >= 11 is 0. The fraction of sp³-hybridized carbons (Fsp3) is 0.417. The van der Waals surface area contributed by atoms with Gasteiger partial charge in [0.2, 0.25) is 0 Å². The number of hydrogen-bond acceptors (Lipinski definition) is 5. The van der Waals surface area contributed by atoms with Gasteiger partial charge in [-0.3, -0.25) is 9.89 Å². The SMILES string of the molecule is CN=C(NCCc1nc2ccccc2[nH]1)N1CCN(Cc2cc(OC)ccc2OC)CC1.I. The predicted molar refractivity (Wildman–Crippen MR) is 143 cm³/mol. The maximum Gasteiger partial charge on any atom is 0.193 e.